The summed E-state index contributed by atoms with van der Waals surface area (Å²) in [5.74, 6) is 1.69. The van der Waals surface area contributed by atoms with E-state index in [2.05, 4.69) is 32.4 Å². The average Bonchev–Trinajstić information content (AvgIpc) is 3.34. The molecule has 2 aliphatic heterocycles. The lowest BCUT2D eigenvalue weighted by atomic mass is 10.2. The number of rotatable bonds is 8. The van der Waals surface area contributed by atoms with E-state index in [0.717, 1.165) is 57.3 Å². The molecule has 0 radical (unpaired) electrons. The highest BCUT2D eigenvalue weighted by Gasteiger charge is 2.25. The summed E-state index contributed by atoms with van der Waals surface area (Å²) in [5, 5.41) is 7.52. The molecule has 1 aromatic heterocycles. The Morgan fingerprint density at radius 1 is 1.48 bits per heavy atom. The third-order valence-corrected chi connectivity index (χ3v) is 5.04. The van der Waals surface area contributed by atoms with Crippen LogP contribution in [0, 0.1) is 0 Å². The molecule has 0 spiro atoms. The zero-order valence-corrected chi connectivity index (χ0v) is 16.7. The lowest BCUT2D eigenvalue weighted by molar-refractivity contribution is 0.0200. The van der Waals surface area contributed by atoms with Crippen LogP contribution in [0.3, 0.4) is 0 Å². The summed E-state index contributed by atoms with van der Waals surface area (Å²) in [7, 11) is 0. The van der Waals surface area contributed by atoms with Crippen LogP contribution in [0.5, 0.6) is 0 Å². The first kappa shape index (κ1) is 20.2. The summed E-state index contributed by atoms with van der Waals surface area (Å²) in [6.45, 7) is 7.45. The molecule has 2 N–H and O–H groups in total. The Balaban J connectivity index is 1.42. The Labute approximate surface area is 166 Å². The quantitative estimate of drug-likeness (QED) is 0.399. The van der Waals surface area contributed by atoms with Crippen molar-refractivity contribution < 1.29 is 9.47 Å². The van der Waals surface area contributed by atoms with Crippen LogP contribution in [0.25, 0.3) is 0 Å². The Bertz CT molecular complexity index is 610. The number of aromatic nitrogens is 1. The van der Waals surface area contributed by atoms with Crippen LogP contribution in [0.4, 0.5) is 5.82 Å². The first-order valence-corrected chi connectivity index (χ1v) is 10.2. The summed E-state index contributed by atoms with van der Waals surface area (Å²) in [6, 6.07) is 4.05. The summed E-state index contributed by atoms with van der Waals surface area (Å²) >= 11 is 6.27. The van der Waals surface area contributed by atoms with Gasteiger partial charge < -0.3 is 25.0 Å². The molecule has 0 aromatic carbocycles. The van der Waals surface area contributed by atoms with E-state index in [1.165, 1.54) is 0 Å². The molecule has 27 heavy (non-hydrogen) atoms. The van der Waals surface area contributed by atoms with Crippen molar-refractivity contribution in [2.75, 3.05) is 50.9 Å². The van der Waals surface area contributed by atoms with Crippen LogP contribution in [0.1, 0.15) is 26.2 Å². The minimum absolute atomic E-state index is 0.267. The van der Waals surface area contributed by atoms with Crippen LogP contribution < -0.4 is 15.5 Å². The van der Waals surface area contributed by atoms with Crippen molar-refractivity contribution in [1.82, 2.24) is 15.6 Å². The van der Waals surface area contributed by atoms with Crippen molar-refractivity contribution in [3.8, 4) is 0 Å². The van der Waals surface area contributed by atoms with Crippen LogP contribution >= 0.6 is 11.6 Å². The third-order valence-electron chi connectivity index (χ3n) is 4.75. The number of hydrogen-bond donors (Lipinski definition) is 2. The van der Waals surface area contributed by atoms with Crippen LogP contribution in [-0.2, 0) is 9.47 Å². The largest absolute Gasteiger partial charge is 0.377 e. The maximum atomic E-state index is 6.27. The fraction of sp³-hybridized carbons (Fsp3) is 0.684. The molecule has 150 valence electrons. The molecule has 3 rings (SSSR count). The van der Waals surface area contributed by atoms with Crippen molar-refractivity contribution in [1.29, 1.82) is 0 Å². The lowest BCUT2D eigenvalue weighted by Gasteiger charge is -2.20. The number of ether oxygens (including phenoxy) is 2. The van der Waals surface area contributed by atoms with E-state index >= 15 is 0 Å². The van der Waals surface area contributed by atoms with Crippen LogP contribution in [-0.4, -0.2) is 69.1 Å². The number of pyridine rings is 1. The van der Waals surface area contributed by atoms with E-state index in [9.17, 15) is 0 Å². The molecule has 2 saturated heterocycles. The zero-order valence-electron chi connectivity index (χ0n) is 16.0. The number of guanidine groups is 1. The van der Waals surface area contributed by atoms with E-state index in [1.54, 1.807) is 6.20 Å². The molecule has 0 amide bonds. The molecule has 0 aliphatic carbocycles. The highest BCUT2D eigenvalue weighted by molar-refractivity contribution is 6.32. The monoisotopic (exact) mass is 395 g/mol. The molecule has 0 bridgehead atoms. The number of nitrogens with zero attached hydrogens (tertiary/aromatic N) is 3. The van der Waals surface area contributed by atoms with Gasteiger partial charge in [-0.25, -0.2) is 4.98 Å². The fourth-order valence-electron chi connectivity index (χ4n) is 3.41. The van der Waals surface area contributed by atoms with Gasteiger partial charge in [-0.05, 0) is 38.3 Å². The topological polar surface area (TPSA) is 71.0 Å². The number of anilines is 1. The van der Waals surface area contributed by atoms with E-state index in [-0.39, 0.29) is 6.10 Å². The van der Waals surface area contributed by atoms with Gasteiger partial charge in [0.25, 0.3) is 0 Å². The van der Waals surface area contributed by atoms with E-state index < -0.39 is 0 Å². The molecule has 8 heteroatoms. The molecule has 2 unspecified atom stereocenters. The molecule has 3 heterocycles. The van der Waals surface area contributed by atoms with Gasteiger partial charge in [-0.1, -0.05) is 11.6 Å². The number of hydrogen-bond acceptors (Lipinski definition) is 5. The number of nitrogens with one attached hydrogen (secondary N) is 2. The van der Waals surface area contributed by atoms with Gasteiger partial charge in [0.05, 0.1) is 30.9 Å². The van der Waals surface area contributed by atoms with Gasteiger partial charge in [0, 0.05) is 38.5 Å². The molecule has 2 fully saturated rings. The summed E-state index contributed by atoms with van der Waals surface area (Å²) in [6.07, 6.45) is 5.31. The van der Waals surface area contributed by atoms with Gasteiger partial charge in [-0.3, -0.25) is 4.99 Å². The minimum Gasteiger partial charge on any atom is -0.377 e. The van der Waals surface area contributed by atoms with Crippen LogP contribution in [0.2, 0.25) is 5.02 Å². The first-order chi connectivity index (χ1) is 13.3. The molecular weight excluding hydrogens is 366 g/mol. The van der Waals surface area contributed by atoms with Gasteiger partial charge in [0.15, 0.2) is 5.96 Å². The van der Waals surface area contributed by atoms with Gasteiger partial charge in [-0.2, -0.15) is 0 Å². The van der Waals surface area contributed by atoms with Gasteiger partial charge in [0.2, 0.25) is 0 Å². The average molecular weight is 396 g/mol. The predicted octanol–water partition coefficient (Wildman–Crippen LogP) is 2.06. The Kier molecular flexibility index (Phi) is 7.98. The predicted molar refractivity (Wildman–Crippen MR) is 109 cm³/mol. The Morgan fingerprint density at radius 2 is 2.41 bits per heavy atom. The highest BCUT2D eigenvalue weighted by atomic mass is 35.5. The molecule has 1 aromatic rings. The fourth-order valence-corrected chi connectivity index (χ4v) is 3.65. The lowest BCUT2D eigenvalue weighted by Crippen LogP contribution is -2.44. The SMILES string of the molecule is CCNC(=NCCOCC1CCCO1)NC1CCN(c2ncccc2Cl)C1. The van der Waals surface area contributed by atoms with E-state index in [4.69, 9.17) is 21.1 Å². The first-order valence-electron chi connectivity index (χ1n) is 9.86. The second-order valence-electron chi connectivity index (χ2n) is 6.86. The van der Waals surface area contributed by atoms with Gasteiger partial charge in [0.1, 0.15) is 5.82 Å². The third kappa shape index (κ3) is 6.23. The zero-order chi connectivity index (χ0) is 18.9. The standard InChI is InChI=1S/C19H30ClN5O2/c1-2-21-19(23-9-12-26-14-16-5-4-11-27-16)24-15-7-10-25(13-15)18-17(20)6-3-8-22-18/h3,6,8,15-16H,2,4-5,7,9-14H2,1H3,(H2,21,23,24). The number of halogens is 1. The molecule has 0 saturated carbocycles. The maximum Gasteiger partial charge on any atom is 0.191 e. The van der Waals surface area contributed by atoms with E-state index in [1.807, 2.05) is 12.1 Å². The minimum atomic E-state index is 0.267. The Morgan fingerprint density at radius 3 is 3.19 bits per heavy atom. The van der Waals surface area contributed by atoms with Crippen molar-refractivity contribution >= 4 is 23.4 Å². The van der Waals surface area contributed by atoms with E-state index in [0.29, 0.717) is 30.8 Å². The van der Waals surface area contributed by atoms with Crippen molar-refractivity contribution in [2.45, 2.75) is 38.3 Å². The summed E-state index contributed by atoms with van der Waals surface area (Å²) < 4.78 is 11.2. The second-order valence-corrected chi connectivity index (χ2v) is 7.26. The maximum absolute atomic E-state index is 6.27. The van der Waals surface area contributed by atoms with Gasteiger partial charge >= 0.3 is 0 Å². The normalized spacial score (nSPS) is 23.0. The van der Waals surface area contributed by atoms with Gasteiger partial charge in [-0.15, -0.1) is 0 Å². The second kappa shape index (κ2) is 10.7. The van der Waals surface area contributed by atoms with Crippen molar-refractivity contribution in [3.63, 3.8) is 0 Å². The number of aliphatic imine (C=N–C) groups is 1. The molecule has 7 nitrogen and oxygen atoms in total. The smallest absolute Gasteiger partial charge is 0.191 e. The summed E-state index contributed by atoms with van der Waals surface area (Å²) in [4.78, 5) is 11.2. The molecular formula is C19H30ClN5O2. The Hall–Kier alpha value is -1.57. The van der Waals surface area contributed by atoms with Crippen LogP contribution in [0.15, 0.2) is 23.3 Å². The molecule has 2 atom stereocenters. The molecule has 2 aliphatic rings. The van der Waals surface area contributed by atoms with Crippen molar-refractivity contribution in [3.05, 3.63) is 23.4 Å². The highest BCUT2D eigenvalue weighted by Crippen LogP contribution is 2.25. The van der Waals surface area contributed by atoms with Crippen molar-refractivity contribution in [2.24, 2.45) is 4.99 Å². The summed E-state index contributed by atoms with van der Waals surface area (Å²) in [5.41, 5.74) is 0.